The van der Waals surface area contributed by atoms with Crippen LogP contribution < -0.4 is 4.90 Å². The van der Waals surface area contributed by atoms with Crippen molar-refractivity contribution >= 4 is 23.4 Å². The van der Waals surface area contributed by atoms with E-state index in [9.17, 15) is 4.79 Å². The molecule has 1 atom stereocenters. The molecule has 1 amide bonds. The van der Waals surface area contributed by atoms with Gasteiger partial charge in [-0.25, -0.2) is 0 Å². The third kappa shape index (κ3) is 2.04. The fourth-order valence-corrected chi connectivity index (χ4v) is 3.51. The van der Waals surface area contributed by atoms with Gasteiger partial charge in [-0.2, -0.15) is 0 Å². The number of rotatable bonds is 3. The molecule has 0 saturated heterocycles. The highest BCUT2D eigenvalue weighted by Gasteiger charge is 2.37. The van der Waals surface area contributed by atoms with Crippen LogP contribution in [0.5, 0.6) is 0 Å². The first-order valence-corrected chi connectivity index (χ1v) is 7.47. The summed E-state index contributed by atoms with van der Waals surface area (Å²) in [5, 5.41) is 0.0936. The van der Waals surface area contributed by atoms with Crippen LogP contribution in [0.25, 0.3) is 0 Å². The van der Waals surface area contributed by atoms with Crippen LogP contribution in [0.15, 0.2) is 54.6 Å². The molecular weight excluding hydrogens is 254 g/mol. The fourth-order valence-electron chi connectivity index (χ4n) is 2.45. The van der Waals surface area contributed by atoms with E-state index >= 15 is 0 Å². The van der Waals surface area contributed by atoms with Gasteiger partial charge in [0.15, 0.2) is 0 Å². The zero-order valence-electron chi connectivity index (χ0n) is 10.7. The van der Waals surface area contributed by atoms with Crippen molar-refractivity contribution in [2.75, 3.05) is 10.7 Å². The Balaban J connectivity index is 2.08. The number of nitrogens with zero attached hydrogens (tertiary/aromatic N) is 1. The van der Waals surface area contributed by atoms with Gasteiger partial charge < -0.3 is 0 Å². The molecule has 0 bridgehead atoms. The van der Waals surface area contributed by atoms with Crippen molar-refractivity contribution in [3.05, 3.63) is 65.7 Å². The van der Waals surface area contributed by atoms with Gasteiger partial charge in [0.2, 0.25) is 0 Å². The van der Waals surface area contributed by atoms with Gasteiger partial charge in [-0.15, -0.1) is 11.8 Å². The highest BCUT2D eigenvalue weighted by atomic mass is 32.2. The summed E-state index contributed by atoms with van der Waals surface area (Å²) < 4.78 is 0. The predicted molar refractivity (Wildman–Crippen MR) is 80.6 cm³/mol. The van der Waals surface area contributed by atoms with Crippen LogP contribution >= 0.6 is 11.8 Å². The molecule has 0 saturated carbocycles. The third-order valence-corrected chi connectivity index (χ3v) is 4.38. The molecule has 0 aromatic heterocycles. The van der Waals surface area contributed by atoms with Crippen LogP contribution in [0.2, 0.25) is 0 Å². The maximum atomic E-state index is 12.6. The van der Waals surface area contributed by atoms with Gasteiger partial charge in [-0.1, -0.05) is 43.3 Å². The lowest BCUT2D eigenvalue weighted by atomic mass is 10.1. The molecule has 2 nitrogen and oxygen atoms in total. The molecule has 0 radical (unpaired) electrons. The Kier molecular flexibility index (Phi) is 3.30. The Labute approximate surface area is 117 Å². The van der Waals surface area contributed by atoms with E-state index in [-0.39, 0.29) is 11.3 Å². The summed E-state index contributed by atoms with van der Waals surface area (Å²) in [5.74, 6) is 1.09. The third-order valence-electron chi connectivity index (χ3n) is 3.27. The molecule has 19 heavy (non-hydrogen) atoms. The Morgan fingerprint density at radius 3 is 2.47 bits per heavy atom. The highest BCUT2D eigenvalue weighted by Crippen LogP contribution is 2.43. The van der Waals surface area contributed by atoms with Crippen LogP contribution in [0, 0.1) is 0 Å². The van der Waals surface area contributed by atoms with E-state index in [1.165, 1.54) is 0 Å². The highest BCUT2D eigenvalue weighted by molar-refractivity contribution is 7.99. The molecule has 3 rings (SSSR count). The number of hydrogen-bond donors (Lipinski definition) is 0. The van der Waals surface area contributed by atoms with Crippen molar-refractivity contribution in [2.24, 2.45) is 0 Å². The lowest BCUT2D eigenvalue weighted by molar-refractivity contribution is 0.0996. The average Bonchev–Trinajstić information content (AvgIpc) is 2.74. The first-order valence-electron chi connectivity index (χ1n) is 6.42. The number of hydrogen-bond acceptors (Lipinski definition) is 2. The number of carbonyl (C=O) groups excluding carboxylic acids is 1. The number of thioether (sulfide) groups is 1. The maximum Gasteiger partial charge on any atom is 0.259 e. The monoisotopic (exact) mass is 269 g/mol. The van der Waals surface area contributed by atoms with Gasteiger partial charge in [0, 0.05) is 11.3 Å². The Morgan fingerprint density at radius 2 is 1.74 bits per heavy atom. The van der Waals surface area contributed by atoms with E-state index < -0.39 is 0 Å². The van der Waals surface area contributed by atoms with Crippen LogP contribution in [0.4, 0.5) is 5.69 Å². The molecule has 1 aliphatic heterocycles. The summed E-state index contributed by atoms with van der Waals surface area (Å²) in [6.45, 7) is 2.12. The van der Waals surface area contributed by atoms with Crippen LogP contribution in [0.1, 0.15) is 28.2 Å². The van der Waals surface area contributed by atoms with E-state index in [4.69, 9.17) is 0 Å². The molecule has 2 aromatic carbocycles. The molecule has 0 fully saturated rings. The molecule has 1 unspecified atom stereocenters. The van der Waals surface area contributed by atoms with Crippen LogP contribution in [-0.4, -0.2) is 11.7 Å². The Hall–Kier alpha value is -1.74. The summed E-state index contributed by atoms with van der Waals surface area (Å²) in [7, 11) is 0. The number of anilines is 1. The molecule has 96 valence electrons. The second kappa shape index (κ2) is 5.10. The molecule has 1 aliphatic rings. The van der Waals surface area contributed by atoms with Crippen molar-refractivity contribution in [1.82, 2.24) is 0 Å². The summed E-state index contributed by atoms with van der Waals surface area (Å²) in [6, 6.07) is 17.8. The summed E-state index contributed by atoms with van der Waals surface area (Å²) in [6.07, 6.45) is 0. The van der Waals surface area contributed by atoms with Crippen molar-refractivity contribution in [3.63, 3.8) is 0 Å². The standard InChI is InChI=1S/C16H15NOS/c1-2-19-16-14-11-7-6-10-13(14)15(18)17(16)12-8-4-3-5-9-12/h3-11,16H,2H2,1H3. The molecule has 1 heterocycles. The largest absolute Gasteiger partial charge is 0.292 e. The molecule has 0 spiro atoms. The maximum absolute atomic E-state index is 12.6. The number of benzene rings is 2. The smallest absolute Gasteiger partial charge is 0.259 e. The minimum atomic E-state index is 0.0936. The fraction of sp³-hybridized carbons (Fsp3) is 0.188. The normalized spacial score (nSPS) is 17.6. The Bertz CT molecular complexity index is 597. The SMILES string of the molecule is CCSC1c2ccccc2C(=O)N1c1ccccc1. The molecule has 3 heteroatoms. The first-order chi connectivity index (χ1) is 9.33. The zero-order chi connectivity index (χ0) is 13.2. The summed E-state index contributed by atoms with van der Waals surface area (Å²) in [4.78, 5) is 14.5. The van der Waals surface area contributed by atoms with E-state index in [0.717, 1.165) is 22.6 Å². The molecular formula is C16H15NOS. The van der Waals surface area contributed by atoms with Crippen molar-refractivity contribution in [3.8, 4) is 0 Å². The van der Waals surface area contributed by atoms with Gasteiger partial charge in [-0.3, -0.25) is 9.69 Å². The molecule has 0 N–H and O–H groups in total. The second-order valence-electron chi connectivity index (χ2n) is 4.41. The average molecular weight is 269 g/mol. The van der Waals surface area contributed by atoms with Gasteiger partial charge in [0.25, 0.3) is 5.91 Å². The van der Waals surface area contributed by atoms with Gasteiger partial charge in [0.1, 0.15) is 5.37 Å². The quantitative estimate of drug-likeness (QED) is 0.836. The van der Waals surface area contributed by atoms with Crippen LogP contribution in [-0.2, 0) is 0 Å². The Morgan fingerprint density at radius 1 is 1.05 bits per heavy atom. The lowest BCUT2D eigenvalue weighted by Gasteiger charge is -2.24. The summed E-state index contributed by atoms with van der Waals surface area (Å²) in [5.41, 5.74) is 2.93. The van der Waals surface area contributed by atoms with E-state index in [2.05, 4.69) is 13.0 Å². The van der Waals surface area contributed by atoms with Crippen molar-refractivity contribution in [2.45, 2.75) is 12.3 Å². The van der Waals surface area contributed by atoms with E-state index in [1.54, 1.807) is 11.8 Å². The molecule has 0 aliphatic carbocycles. The minimum absolute atomic E-state index is 0.0936. The van der Waals surface area contributed by atoms with Gasteiger partial charge >= 0.3 is 0 Å². The van der Waals surface area contributed by atoms with Crippen molar-refractivity contribution < 1.29 is 4.79 Å². The van der Waals surface area contributed by atoms with Crippen LogP contribution in [0.3, 0.4) is 0 Å². The molecule has 2 aromatic rings. The zero-order valence-corrected chi connectivity index (χ0v) is 11.6. The van der Waals surface area contributed by atoms with E-state index in [0.29, 0.717) is 0 Å². The lowest BCUT2D eigenvalue weighted by Crippen LogP contribution is -2.26. The number of para-hydroxylation sites is 1. The van der Waals surface area contributed by atoms with Gasteiger partial charge in [0.05, 0.1) is 0 Å². The number of amides is 1. The summed E-state index contributed by atoms with van der Waals surface area (Å²) >= 11 is 1.79. The van der Waals surface area contributed by atoms with E-state index in [1.807, 2.05) is 53.4 Å². The predicted octanol–water partition coefficient (Wildman–Crippen LogP) is 4.10. The second-order valence-corrected chi connectivity index (χ2v) is 5.76. The first kappa shape index (κ1) is 12.3. The number of carbonyl (C=O) groups is 1. The number of fused-ring (bicyclic) bond motifs is 1. The minimum Gasteiger partial charge on any atom is -0.292 e. The van der Waals surface area contributed by atoms with Gasteiger partial charge in [-0.05, 0) is 29.5 Å². The topological polar surface area (TPSA) is 20.3 Å². The van der Waals surface area contributed by atoms with Crippen molar-refractivity contribution in [1.29, 1.82) is 0 Å².